The zero-order chi connectivity index (χ0) is 49.4. The van der Waals surface area contributed by atoms with Crippen molar-refractivity contribution in [1.82, 2.24) is 10.6 Å². The third kappa shape index (κ3) is 5.83. The highest BCUT2D eigenvalue weighted by Gasteiger charge is 2.84. The number of carbonyl (C=O) groups is 3. The number of aliphatic hydroxyl groups excluding tert-OH is 5. The van der Waals surface area contributed by atoms with Gasteiger partial charge < -0.3 is 55.5 Å². The van der Waals surface area contributed by atoms with Crippen LogP contribution in [0.25, 0.3) is 0 Å². The number of aldehydes is 1. The van der Waals surface area contributed by atoms with Gasteiger partial charge in [0.05, 0.1) is 36.4 Å². The molecular formula is C57H64N2O11S2. The number of dihydropyridines is 1. The molecule has 15 unspecified atom stereocenters. The molecule has 13 nitrogen and oxygen atoms in total. The minimum Gasteiger partial charge on any atom is -0.511 e. The van der Waals surface area contributed by atoms with Crippen molar-refractivity contribution in [3.63, 3.8) is 0 Å². The Morgan fingerprint density at radius 1 is 0.917 bits per heavy atom. The van der Waals surface area contributed by atoms with Gasteiger partial charge in [-0.15, -0.1) is 0 Å². The maximum atomic E-state index is 15.8. The average molecular weight is 1020 g/mol. The minimum absolute atomic E-state index is 0.0266. The van der Waals surface area contributed by atoms with E-state index in [0.717, 1.165) is 73.9 Å². The summed E-state index contributed by atoms with van der Waals surface area (Å²) in [5.74, 6) is -4.62. The Balaban J connectivity index is 0.940. The van der Waals surface area contributed by atoms with Crippen LogP contribution in [0.1, 0.15) is 109 Å². The highest BCUT2D eigenvalue weighted by atomic mass is 33.1. The summed E-state index contributed by atoms with van der Waals surface area (Å²) < 4.78 is 14.1. The van der Waals surface area contributed by atoms with E-state index in [9.17, 15) is 35.4 Å². The molecule has 0 amide bonds. The SMILES string of the molecule is O=CC1CC2(CCCC2)CC12CC1CC3CC4C5CCC67Oc8cccc9c8C(=O)C8(CSSCNC%10=CC(=C3CN%10)C1(C2)C4C(O)(C6O)C(O)C5(CO)O7)C(O)=CC(Cc1cccc(CO)c1)=CC8C9=O. The van der Waals surface area contributed by atoms with Crippen molar-refractivity contribution in [3.05, 3.63) is 111 Å². The molecule has 13 aliphatic rings. The molecule has 2 aromatic rings. The molecule has 7 fully saturated rings. The maximum Gasteiger partial charge on any atom is 0.240 e. The standard InChI is InChI=1S/C57H64N2O11S2/c60-23-31-6-3-5-30(13-31)14-32-15-41-46(64)36-7-4-8-42-45(36)48(65)54(41,43(63)16-32)28-71-72-29-59-44-19-40-38(22-58-44)33-17-34-21-52(25-51(10-1-2-11-51)20-35(52)24-61)26-53(34,40)47-37(18-33)39-9-12-56(69-42)50(67)57(47,68)49(66)55(39,27-62)70-56/h3-8,13,15-16,19,24,33-35,37,39,41,47,49-50,58-60,62-63,66-68H,1-2,9-12,14,17-18,20-23,25-29H2. The maximum absolute atomic E-state index is 15.8. The van der Waals surface area contributed by atoms with Crippen LogP contribution in [0, 0.1) is 63.1 Å². The first-order valence-corrected chi connectivity index (χ1v) is 29.0. The Labute approximate surface area is 426 Å². The number of allylic oxidation sites excluding steroid dienone is 6. The van der Waals surface area contributed by atoms with E-state index in [2.05, 4.69) is 16.7 Å². The van der Waals surface area contributed by atoms with Crippen molar-refractivity contribution >= 4 is 39.4 Å². The predicted molar refractivity (Wildman–Crippen MR) is 268 cm³/mol. The van der Waals surface area contributed by atoms with E-state index in [4.69, 9.17) is 9.47 Å². The van der Waals surface area contributed by atoms with E-state index in [0.29, 0.717) is 43.7 Å². The van der Waals surface area contributed by atoms with Crippen LogP contribution in [0.5, 0.6) is 5.75 Å². The smallest absolute Gasteiger partial charge is 0.240 e. The lowest BCUT2D eigenvalue weighted by molar-refractivity contribution is -0.461. The molecule has 15 atom stereocenters. The molecule has 0 radical (unpaired) electrons. The second-order valence-corrected chi connectivity index (χ2v) is 26.8. The van der Waals surface area contributed by atoms with Gasteiger partial charge in [-0.3, -0.25) is 9.59 Å². The van der Waals surface area contributed by atoms with Crippen molar-refractivity contribution in [1.29, 1.82) is 0 Å². The Morgan fingerprint density at radius 2 is 1.74 bits per heavy atom. The lowest BCUT2D eigenvalue weighted by Crippen LogP contribution is -2.88. The van der Waals surface area contributed by atoms with Gasteiger partial charge in [0.2, 0.25) is 5.79 Å². The summed E-state index contributed by atoms with van der Waals surface area (Å²) in [6, 6.07) is 12.2. The molecule has 2 saturated heterocycles. The normalized spacial score (nSPS) is 44.6. The molecule has 15 heteroatoms. The predicted octanol–water partition coefficient (Wildman–Crippen LogP) is 6.39. The lowest BCUT2D eigenvalue weighted by atomic mass is 9.42. The summed E-state index contributed by atoms with van der Waals surface area (Å²) >= 11 is 0. The monoisotopic (exact) mass is 1020 g/mol. The summed E-state index contributed by atoms with van der Waals surface area (Å²) in [5.41, 5.74) is -2.11. The molecule has 380 valence electrons. The highest BCUT2D eigenvalue weighted by molar-refractivity contribution is 8.76. The third-order valence-corrected chi connectivity index (χ3v) is 23.7. The number of ether oxygens (including phenoxy) is 2. The Hall–Kier alpha value is -3.93. The fraction of sp³-hybridized carbons (Fsp3) is 0.596. The summed E-state index contributed by atoms with van der Waals surface area (Å²) in [6.45, 7) is -0.228. The number of rotatable bonds is 5. The van der Waals surface area contributed by atoms with Crippen LogP contribution in [-0.4, -0.2) is 102 Å². The molecule has 5 saturated carbocycles. The molecule has 72 heavy (non-hydrogen) atoms. The van der Waals surface area contributed by atoms with Gasteiger partial charge in [0.1, 0.15) is 40.5 Å². The number of nitrogens with one attached hydrogen (secondary N) is 2. The van der Waals surface area contributed by atoms with E-state index < -0.39 is 70.2 Å². The van der Waals surface area contributed by atoms with E-state index in [1.807, 2.05) is 24.3 Å². The number of aliphatic hydroxyl groups is 6. The molecule has 15 rings (SSSR count). The van der Waals surface area contributed by atoms with Crippen molar-refractivity contribution in [2.24, 2.45) is 63.1 Å². The number of Topliss-reactive ketones (excluding diaryl/α,β-unsaturated/α-hetero) is 2. The summed E-state index contributed by atoms with van der Waals surface area (Å²) in [5, 5.41) is 82.3. The molecule has 2 aromatic carbocycles. The van der Waals surface area contributed by atoms with Crippen molar-refractivity contribution in [2.75, 3.05) is 24.8 Å². The number of hydrogen-bond acceptors (Lipinski definition) is 15. The van der Waals surface area contributed by atoms with E-state index >= 15 is 9.59 Å². The van der Waals surface area contributed by atoms with E-state index in [-0.39, 0.29) is 81.7 Å². The number of benzene rings is 2. The van der Waals surface area contributed by atoms with Gasteiger partial charge in [-0.1, -0.05) is 76.9 Å². The number of ketones is 2. The van der Waals surface area contributed by atoms with Crippen LogP contribution < -0.4 is 15.4 Å². The van der Waals surface area contributed by atoms with Gasteiger partial charge in [-0.2, -0.15) is 0 Å². The van der Waals surface area contributed by atoms with E-state index in [1.54, 1.807) is 30.4 Å². The third-order valence-electron chi connectivity index (χ3n) is 21.5. The summed E-state index contributed by atoms with van der Waals surface area (Å²) in [7, 11) is 2.87. The molecule has 4 heterocycles. The molecule has 8 N–H and O–H groups in total. The summed E-state index contributed by atoms with van der Waals surface area (Å²) in [6.07, 6.45) is 13.3. The quantitative estimate of drug-likeness (QED) is 0.120. The second-order valence-electron chi connectivity index (χ2n) is 24.4. The fourth-order valence-corrected chi connectivity index (χ4v) is 21.3. The molecule has 0 aromatic heterocycles. The van der Waals surface area contributed by atoms with Gasteiger partial charge in [0.25, 0.3) is 0 Å². The van der Waals surface area contributed by atoms with Gasteiger partial charge in [0.15, 0.2) is 17.7 Å². The van der Waals surface area contributed by atoms with Crippen LogP contribution in [0.2, 0.25) is 0 Å². The van der Waals surface area contributed by atoms with Crippen LogP contribution in [0.15, 0.2) is 89.0 Å². The van der Waals surface area contributed by atoms with Crippen LogP contribution in [0.3, 0.4) is 0 Å². The van der Waals surface area contributed by atoms with Crippen molar-refractivity contribution in [2.45, 2.75) is 119 Å². The van der Waals surface area contributed by atoms with Gasteiger partial charge >= 0.3 is 0 Å². The number of hydrogen-bond donors (Lipinski definition) is 8. The van der Waals surface area contributed by atoms with Gasteiger partial charge in [0, 0.05) is 41.5 Å². The molecule has 10 bridgehead atoms. The van der Waals surface area contributed by atoms with Crippen molar-refractivity contribution < 1.29 is 54.5 Å². The Morgan fingerprint density at radius 3 is 2.54 bits per heavy atom. The highest BCUT2D eigenvalue weighted by Crippen LogP contribution is 2.80. The first kappa shape index (κ1) is 46.6. The van der Waals surface area contributed by atoms with Crippen LogP contribution in [0.4, 0.5) is 0 Å². The Bertz CT molecular complexity index is 2860. The zero-order valence-corrected chi connectivity index (χ0v) is 41.9. The van der Waals surface area contributed by atoms with Crippen LogP contribution in [-0.2, 0) is 22.6 Å². The molecule has 4 aliphatic heterocycles. The largest absolute Gasteiger partial charge is 0.511 e. The zero-order valence-electron chi connectivity index (χ0n) is 40.3. The van der Waals surface area contributed by atoms with E-state index in [1.165, 1.54) is 33.4 Å². The number of carbonyl (C=O) groups excluding carboxylic acids is 3. The fourth-order valence-electron chi connectivity index (χ4n) is 19.0. The second kappa shape index (κ2) is 15.8. The molecular weight excluding hydrogens is 953 g/mol. The van der Waals surface area contributed by atoms with Crippen molar-refractivity contribution in [3.8, 4) is 5.75 Å². The van der Waals surface area contributed by atoms with Gasteiger partial charge in [-0.05, 0) is 145 Å². The Kier molecular flexibility index (Phi) is 10.2. The minimum atomic E-state index is -2.31. The molecule has 5 spiro atoms. The first-order valence-electron chi connectivity index (χ1n) is 26.5. The topological polar surface area (TPSA) is 215 Å². The lowest BCUT2D eigenvalue weighted by Gasteiger charge is -2.72. The van der Waals surface area contributed by atoms with Crippen LogP contribution >= 0.6 is 21.6 Å². The first-order chi connectivity index (χ1) is 34.7. The summed E-state index contributed by atoms with van der Waals surface area (Å²) in [4.78, 5) is 44.5. The van der Waals surface area contributed by atoms with Gasteiger partial charge in [-0.25, -0.2) is 0 Å². The molecule has 9 aliphatic carbocycles. The average Bonchev–Trinajstić information content (AvgIpc) is 4.02.